The maximum Gasteiger partial charge on any atom is 0.349 e. The second kappa shape index (κ2) is 11.2. The number of hydrogen-bond acceptors (Lipinski definition) is 8. The lowest BCUT2D eigenvalue weighted by molar-refractivity contribution is 0.0602. The zero-order valence-corrected chi connectivity index (χ0v) is 22.5. The van der Waals surface area contributed by atoms with Crippen molar-refractivity contribution in [3.05, 3.63) is 80.0 Å². The van der Waals surface area contributed by atoms with Crippen molar-refractivity contribution in [1.29, 1.82) is 0 Å². The summed E-state index contributed by atoms with van der Waals surface area (Å²) in [6, 6.07) is 12.7. The van der Waals surface area contributed by atoms with Crippen LogP contribution in [-0.2, 0) is 14.8 Å². The molecule has 0 bridgehead atoms. The van der Waals surface area contributed by atoms with E-state index < -0.39 is 22.0 Å². The Bertz CT molecular complexity index is 1390. The molecule has 4 rings (SSSR count). The second-order valence-corrected chi connectivity index (χ2v) is 11.3. The van der Waals surface area contributed by atoms with Gasteiger partial charge in [0.05, 0.1) is 31.5 Å². The summed E-state index contributed by atoms with van der Waals surface area (Å²) in [6.45, 7) is 2.49. The molecule has 0 saturated carbocycles. The van der Waals surface area contributed by atoms with Crippen LogP contribution in [0.3, 0.4) is 0 Å². The van der Waals surface area contributed by atoms with Gasteiger partial charge in [0.2, 0.25) is 10.0 Å². The molecule has 1 aliphatic heterocycles. The SMILES string of the molecule is CCOc1ccc(C2CC(C(NS(=O)(=O)c3ccsc3C(=O)OC)c3ccc(Cl)cc3Cl)=NN2)cc1. The highest BCUT2D eigenvalue weighted by atomic mass is 35.5. The van der Waals surface area contributed by atoms with Gasteiger partial charge in [-0.2, -0.15) is 9.82 Å². The number of thiophene rings is 1. The van der Waals surface area contributed by atoms with E-state index in [-0.39, 0.29) is 20.8 Å². The summed E-state index contributed by atoms with van der Waals surface area (Å²) in [7, 11) is -2.97. The Balaban J connectivity index is 1.65. The number of sulfonamides is 1. The van der Waals surface area contributed by atoms with Crippen LogP contribution in [0.15, 0.2) is 63.9 Å². The van der Waals surface area contributed by atoms with Gasteiger partial charge in [0.15, 0.2) is 0 Å². The molecule has 1 aromatic heterocycles. The van der Waals surface area contributed by atoms with E-state index in [4.69, 9.17) is 32.7 Å². The van der Waals surface area contributed by atoms with Gasteiger partial charge < -0.3 is 14.9 Å². The Labute approximate surface area is 223 Å². The van der Waals surface area contributed by atoms with Crippen molar-refractivity contribution in [1.82, 2.24) is 10.1 Å². The summed E-state index contributed by atoms with van der Waals surface area (Å²) < 4.78 is 39.8. The summed E-state index contributed by atoms with van der Waals surface area (Å²) in [4.78, 5) is 11.9. The molecule has 0 spiro atoms. The smallest absolute Gasteiger partial charge is 0.349 e. The molecule has 0 amide bonds. The summed E-state index contributed by atoms with van der Waals surface area (Å²) in [6.07, 6.45) is 0.410. The minimum atomic E-state index is -4.17. The predicted octanol–water partition coefficient (Wildman–Crippen LogP) is 5.35. The first kappa shape index (κ1) is 26.4. The zero-order valence-electron chi connectivity index (χ0n) is 19.3. The molecule has 0 radical (unpaired) electrons. The number of carbonyl (C=O) groups is 1. The number of rotatable bonds is 9. The maximum atomic E-state index is 13.4. The zero-order chi connectivity index (χ0) is 25.9. The van der Waals surface area contributed by atoms with E-state index in [1.165, 1.54) is 24.6 Å². The Hall–Kier alpha value is -2.63. The van der Waals surface area contributed by atoms with Gasteiger partial charge in [0, 0.05) is 16.5 Å². The molecule has 190 valence electrons. The molecule has 3 aromatic rings. The van der Waals surface area contributed by atoms with Gasteiger partial charge in [-0.25, -0.2) is 13.2 Å². The van der Waals surface area contributed by atoms with E-state index in [0.717, 1.165) is 22.6 Å². The fourth-order valence-electron chi connectivity index (χ4n) is 3.81. The van der Waals surface area contributed by atoms with Crippen LogP contribution in [0.5, 0.6) is 5.75 Å². The number of nitrogens with zero attached hydrogens (tertiary/aromatic N) is 1. The molecule has 0 aliphatic carbocycles. The van der Waals surface area contributed by atoms with Gasteiger partial charge in [0.1, 0.15) is 15.5 Å². The highest BCUT2D eigenvalue weighted by Gasteiger charge is 2.34. The van der Waals surface area contributed by atoms with Crippen LogP contribution in [0.25, 0.3) is 0 Å². The molecule has 2 N–H and O–H groups in total. The minimum Gasteiger partial charge on any atom is -0.494 e. The molecule has 12 heteroatoms. The predicted molar refractivity (Wildman–Crippen MR) is 141 cm³/mol. The van der Waals surface area contributed by atoms with Crippen LogP contribution in [0.4, 0.5) is 0 Å². The highest BCUT2D eigenvalue weighted by molar-refractivity contribution is 7.89. The monoisotopic (exact) mass is 567 g/mol. The molecule has 2 heterocycles. The number of ether oxygens (including phenoxy) is 2. The van der Waals surface area contributed by atoms with Gasteiger partial charge in [-0.1, -0.05) is 41.4 Å². The third kappa shape index (κ3) is 5.68. The Kier molecular flexibility index (Phi) is 8.21. The Morgan fingerprint density at radius 2 is 1.97 bits per heavy atom. The molecule has 0 fully saturated rings. The van der Waals surface area contributed by atoms with E-state index in [0.29, 0.717) is 29.3 Å². The average molecular weight is 569 g/mol. The highest BCUT2D eigenvalue weighted by Crippen LogP contribution is 2.34. The molecule has 2 aromatic carbocycles. The van der Waals surface area contributed by atoms with Crippen LogP contribution in [0.2, 0.25) is 10.0 Å². The number of hydrogen-bond donors (Lipinski definition) is 2. The molecule has 1 aliphatic rings. The van der Waals surface area contributed by atoms with Crippen molar-refractivity contribution in [2.24, 2.45) is 5.10 Å². The van der Waals surface area contributed by atoms with Crippen LogP contribution >= 0.6 is 34.5 Å². The quantitative estimate of drug-likeness (QED) is 0.337. The van der Waals surface area contributed by atoms with Gasteiger partial charge in [-0.05, 0) is 53.8 Å². The number of halogens is 2. The fourth-order valence-corrected chi connectivity index (χ4v) is 6.87. The number of esters is 1. The second-order valence-electron chi connectivity index (χ2n) is 7.82. The average Bonchev–Trinajstić information content (AvgIpc) is 3.54. The van der Waals surface area contributed by atoms with E-state index in [1.807, 2.05) is 31.2 Å². The van der Waals surface area contributed by atoms with Gasteiger partial charge in [0.25, 0.3) is 0 Å². The number of nitrogens with one attached hydrogen (secondary N) is 2. The van der Waals surface area contributed by atoms with Crippen molar-refractivity contribution < 1.29 is 22.7 Å². The Morgan fingerprint density at radius 3 is 2.64 bits per heavy atom. The first-order valence-corrected chi connectivity index (χ1v) is 14.0. The van der Waals surface area contributed by atoms with E-state index in [1.54, 1.807) is 12.1 Å². The maximum absolute atomic E-state index is 13.4. The summed E-state index contributed by atoms with van der Waals surface area (Å²) in [5.74, 6) is 0.0260. The van der Waals surface area contributed by atoms with Crippen molar-refractivity contribution in [2.75, 3.05) is 13.7 Å². The summed E-state index contributed by atoms with van der Waals surface area (Å²) >= 11 is 13.5. The molecule has 8 nitrogen and oxygen atoms in total. The first-order valence-electron chi connectivity index (χ1n) is 10.9. The number of hydrazone groups is 1. The molecule has 2 unspecified atom stereocenters. The van der Waals surface area contributed by atoms with E-state index in [2.05, 4.69) is 15.2 Å². The summed E-state index contributed by atoms with van der Waals surface area (Å²) in [5.41, 5.74) is 5.05. The molecule has 2 atom stereocenters. The third-order valence-corrected chi connectivity index (χ3v) is 8.59. The standard InChI is InChI=1S/C24H23Cl2N3O5S2/c1-3-34-16-7-4-14(5-8-16)19-13-20(28-27-19)22(17-9-6-15(25)12-18(17)26)29-36(31,32)21-10-11-35-23(21)24(30)33-2/h4-12,19,22,27,29H,3,13H2,1-2H3. The lowest BCUT2D eigenvalue weighted by atomic mass is 9.96. The molecular formula is C24H23Cl2N3O5S2. The van der Waals surface area contributed by atoms with Crippen molar-refractivity contribution >= 4 is 56.2 Å². The van der Waals surface area contributed by atoms with Crippen LogP contribution in [0, 0.1) is 0 Å². The van der Waals surface area contributed by atoms with Gasteiger partial charge >= 0.3 is 5.97 Å². The van der Waals surface area contributed by atoms with E-state index in [9.17, 15) is 13.2 Å². The lowest BCUT2D eigenvalue weighted by Crippen LogP contribution is -2.34. The molecule has 0 saturated heterocycles. The Morgan fingerprint density at radius 1 is 1.22 bits per heavy atom. The normalized spacial score (nSPS) is 16.2. The van der Waals surface area contributed by atoms with Crippen molar-refractivity contribution in [3.63, 3.8) is 0 Å². The third-order valence-electron chi connectivity index (χ3n) is 5.54. The fraction of sp³-hybridized carbons (Fsp3) is 0.250. The first-order chi connectivity index (χ1) is 17.2. The molecular weight excluding hydrogens is 545 g/mol. The number of carbonyl (C=O) groups excluding carboxylic acids is 1. The van der Waals surface area contributed by atoms with Crippen molar-refractivity contribution in [2.45, 2.75) is 30.3 Å². The van der Waals surface area contributed by atoms with Gasteiger partial charge in [-0.3, -0.25) is 0 Å². The van der Waals surface area contributed by atoms with Crippen molar-refractivity contribution in [3.8, 4) is 5.75 Å². The summed E-state index contributed by atoms with van der Waals surface area (Å²) in [5, 5.41) is 6.67. The minimum absolute atomic E-state index is 0.0234. The molecule has 36 heavy (non-hydrogen) atoms. The lowest BCUT2D eigenvalue weighted by Gasteiger charge is -2.21. The number of benzene rings is 2. The van der Waals surface area contributed by atoms with Crippen LogP contribution in [-0.4, -0.2) is 33.8 Å². The van der Waals surface area contributed by atoms with Crippen LogP contribution < -0.4 is 14.9 Å². The largest absolute Gasteiger partial charge is 0.494 e. The van der Waals surface area contributed by atoms with E-state index >= 15 is 0 Å². The van der Waals surface area contributed by atoms with Crippen LogP contribution in [0.1, 0.15) is 46.2 Å². The topological polar surface area (TPSA) is 106 Å². The van der Waals surface area contributed by atoms with Gasteiger partial charge in [-0.15, -0.1) is 11.3 Å². The number of methoxy groups -OCH3 is 1.